The van der Waals surface area contributed by atoms with Crippen LogP contribution < -0.4 is 23.7 Å². The van der Waals surface area contributed by atoms with Crippen molar-refractivity contribution in [1.29, 1.82) is 0 Å². The first-order valence-electron chi connectivity index (χ1n) is 12.2. The van der Waals surface area contributed by atoms with Gasteiger partial charge in [0.2, 0.25) is 0 Å². The zero-order valence-corrected chi connectivity index (χ0v) is 22.4. The highest BCUT2D eigenvalue weighted by atomic mass is 16.6. The third kappa shape index (κ3) is 7.01. The van der Waals surface area contributed by atoms with E-state index in [-0.39, 0.29) is 12.4 Å². The summed E-state index contributed by atoms with van der Waals surface area (Å²) in [6.45, 7) is 7.72. The molecule has 0 aliphatic carbocycles. The highest BCUT2D eigenvalue weighted by Crippen LogP contribution is 2.36. The van der Waals surface area contributed by atoms with Crippen LogP contribution in [0.25, 0.3) is 0 Å². The molecule has 0 spiro atoms. The monoisotopic (exact) mass is 520 g/mol. The molecule has 0 amide bonds. The van der Waals surface area contributed by atoms with Crippen molar-refractivity contribution in [3.8, 4) is 34.5 Å². The van der Waals surface area contributed by atoms with Gasteiger partial charge in [-0.05, 0) is 65.9 Å². The van der Waals surface area contributed by atoms with Gasteiger partial charge in [-0.15, -0.1) is 13.2 Å². The standard InChI is InChI=1S/C31H36O7/c1-7-9-21-11-15-25(28(17-21)34-4)37-20-30(31(36-6)23-13-14-24(32)27(19-23)33-3)38-26-16-12-22(10-8-2)18-29(26)35-5/h7-8,11-19,30-32H,1-2,9-10,20H2,3-6H3. The molecule has 2 atom stereocenters. The van der Waals surface area contributed by atoms with E-state index in [0.29, 0.717) is 35.2 Å². The lowest BCUT2D eigenvalue weighted by molar-refractivity contribution is -0.0218. The van der Waals surface area contributed by atoms with E-state index in [2.05, 4.69) is 13.2 Å². The summed E-state index contributed by atoms with van der Waals surface area (Å²) in [4.78, 5) is 0. The lowest BCUT2D eigenvalue weighted by atomic mass is 10.0. The summed E-state index contributed by atoms with van der Waals surface area (Å²) in [5.41, 5.74) is 2.85. The third-order valence-corrected chi connectivity index (χ3v) is 6.02. The van der Waals surface area contributed by atoms with Crippen LogP contribution in [0.15, 0.2) is 79.9 Å². The quantitative estimate of drug-likeness (QED) is 0.243. The van der Waals surface area contributed by atoms with E-state index in [0.717, 1.165) is 23.1 Å². The van der Waals surface area contributed by atoms with Crippen LogP contribution in [0.5, 0.6) is 34.5 Å². The fourth-order valence-electron chi connectivity index (χ4n) is 4.12. The van der Waals surface area contributed by atoms with Crippen LogP contribution in [-0.4, -0.2) is 46.3 Å². The molecule has 3 aromatic carbocycles. The molecule has 3 aromatic rings. The second-order valence-corrected chi connectivity index (χ2v) is 8.51. The van der Waals surface area contributed by atoms with Gasteiger partial charge in [0.15, 0.2) is 40.6 Å². The topological polar surface area (TPSA) is 75.6 Å². The minimum absolute atomic E-state index is 0.0312. The molecule has 2 unspecified atom stereocenters. The van der Waals surface area contributed by atoms with Gasteiger partial charge in [-0.2, -0.15) is 0 Å². The van der Waals surface area contributed by atoms with Crippen molar-refractivity contribution in [2.75, 3.05) is 35.0 Å². The van der Waals surface area contributed by atoms with Crippen LogP contribution >= 0.6 is 0 Å². The van der Waals surface area contributed by atoms with Crippen molar-refractivity contribution in [3.05, 3.63) is 96.6 Å². The van der Waals surface area contributed by atoms with Crippen molar-refractivity contribution < 1.29 is 33.5 Å². The van der Waals surface area contributed by atoms with E-state index in [1.165, 1.54) is 7.11 Å². The van der Waals surface area contributed by atoms with E-state index in [1.807, 2.05) is 48.6 Å². The van der Waals surface area contributed by atoms with Crippen LogP contribution in [0.4, 0.5) is 0 Å². The Morgan fingerprint density at radius 3 is 1.84 bits per heavy atom. The van der Waals surface area contributed by atoms with Gasteiger partial charge >= 0.3 is 0 Å². The van der Waals surface area contributed by atoms with Gasteiger partial charge in [-0.3, -0.25) is 0 Å². The number of benzene rings is 3. The van der Waals surface area contributed by atoms with E-state index in [4.69, 9.17) is 28.4 Å². The largest absolute Gasteiger partial charge is 0.504 e. The Hall–Kier alpha value is -4.10. The first-order valence-corrected chi connectivity index (χ1v) is 12.2. The third-order valence-electron chi connectivity index (χ3n) is 6.02. The van der Waals surface area contributed by atoms with Gasteiger partial charge in [0.1, 0.15) is 12.7 Å². The average molecular weight is 521 g/mol. The fraction of sp³-hybridized carbons (Fsp3) is 0.290. The molecule has 0 heterocycles. The van der Waals surface area contributed by atoms with Crippen molar-refractivity contribution in [3.63, 3.8) is 0 Å². The van der Waals surface area contributed by atoms with Gasteiger partial charge in [-0.1, -0.05) is 30.4 Å². The lowest BCUT2D eigenvalue weighted by Crippen LogP contribution is -2.33. The van der Waals surface area contributed by atoms with Crippen LogP contribution in [0.2, 0.25) is 0 Å². The van der Waals surface area contributed by atoms with Crippen LogP contribution in [0.3, 0.4) is 0 Å². The number of aromatic hydroxyl groups is 1. The number of phenols is 1. The number of ether oxygens (including phenoxy) is 6. The number of rotatable bonds is 15. The highest BCUT2D eigenvalue weighted by Gasteiger charge is 2.29. The van der Waals surface area contributed by atoms with Crippen molar-refractivity contribution >= 4 is 0 Å². The lowest BCUT2D eigenvalue weighted by Gasteiger charge is -2.28. The summed E-state index contributed by atoms with van der Waals surface area (Å²) in [5, 5.41) is 10.1. The summed E-state index contributed by atoms with van der Waals surface area (Å²) >= 11 is 0. The van der Waals surface area contributed by atoms with Crippen molar-refractivity contribution in [2.45, 2.75) is 25.0 Å². The number of phenolic OH excluding ortho intramolecular Hbond substituents is 1. The van der Waals surface area contributed by atoms with E-state index < -0.39 is 12.2 Å². The number of hydrogen-bond acceptors (Lipinski definition) is 7. The predicted octanol–water partition coefficient (Wildman–Crippen LogP) is 6.09. The van der Waals surface area contributed by atoms with Crippen LogP contribution in [-0.2, 0) is 17.6 Å². The van der Waals surface area contributed by atoms with Gasteiger partial charge in [0.25, 0.3) is 0 Å². The van der Waals surface area contributed by atoms with Crippen LogP contribution in [0.1, 0.15) is 22.8 Å². The van der Waals surface area contributed by atoms with Crippen molar-refractivity contribution in [1.82, 2.24) is 0 Å². The Labute approximate surface area is 224 Å². The number of hydrogen-bond donors (Lipinski definition) is 1. The second-order valence-electron chi connectivity index (χ2n) is 8.51. The molecule has 0 fully saturated rings. The zero-order valence-electron chi connectivity index (χ0n) is 22.4. The average Bonchev–Trinajstić information content (AvgIpc) is 2.94. The Morgan fingerprint density at radius 1 is 0.711 bits per heavy atom. The molecule has 3 rings (SSSR count). The summed E-state index contributed by atoms with van der Waals surface area (Å²) in [5.74, 6) is 2.66. The first kappa shape index (κ1) is 28.5. The van der Waals surface area contributed by atoms with E-state index in [9.17, 15) is 5.11 Å². The van der Waals surface area contributed by atoms with Crippen LogP contribution in [0, 0.1) is 0 Å². The van der Waals surface area contributed by atoms with E-state index >= 15 is 0 Å². The molecular weight excluding hydrogens is 484 g/mol. The molecule has 38 heavy (non-hydrogen) atoms. The molecule has 202 valence electrons. The molecule has 0 aromatic heterocycles. The molecule has 1 N–H and O–H groups in total. The molecule has 7 nitrogen and oxygen atoms in total. The Balaban J connectivity index is 1.97. The minimum Gasteiger partial charge on any atom is -0.504 e. The van der Waals surface area contributed by atoms with Crippen molar-refractivity contribution in [2.24, 2.45) is 0 Å². The molecular formula is C31H36O7. The zero-order chi connectivity index (χ0) is 27.5. The highest BCUT2D eigenvalue weighted by molar-refractivity contribution is 5.46. The molecule has 0 aliphatic heterocycles. The van der Waals surface area contributed by atoms with Gasteiger partial charge in [0, 0.05) is 7.11 Å². The maximum atomic E-state index is 10.1. The maximum Gasteiger partial charge on any atom is 0.163 e. The molecule has 0 aliphatic rings. The molecule has 0 saturated heterocycles. The minimum atomic E-state index is -0.619. The summed E-state index contributed by atoms with van der Waals surface area (Å²) in [7, 11) is 6.29. The predicted molar refractivity (Wildman–Crippen MR) is 148 cm³/mol. The second kappa shape index (κ2) is 14.0. The number of methoxy groups -OCH3 is 4. The maximum absolute atomic E-state index is 10.1. The summed E-state index contributed by atoms with van der Waals surface area (Å²) in [6, 6.07) is 16.5. The normalized spacial score (nSPS) is 12.2. The van der Waals surface area contributed by atoms with Gasteiger partial charge in [0.05, 0.1) is 21.3 Å². The number of allylic oxidation sites excluding steroid dienone is 2. The smallest absolute Gasteiger partial charge is 0.163 e. The van der Waals surface area contributed by atoms with Gasteiger partial charge < -0.3 is 33.5 Å². The molecule has 0 bridgehead atoms. The Morgan fingerprint density at radius 2 is 1.29 bits per heavy atom. The fourth-order valence-corrected chi connectivity index (χ4v) is 4.12. The molecule has 0 saturated carbocycles. The molecule has 0 radical (unpaired) electrons. The summed E-state index contributed by atoms with van der Waals surface area (Å²) < 4.78 is 35.1. The Bertz CT molecular complexity index is 1220. The van der Waals surface area contributed by atoms with Gasteiger partial charge in [-0.25, -0.2) is 0 Å². The Kier molecular flexibility index (Phi) is 10.5. The SMILES string of the molecule is C=CCc1ccc(OCC(Oc2ccc(CC=C)cc2OC)C(OC)c2ccc(O)c(OC)c2)c(OC)c1. The summed E-state index contributed by atoms with van der Waals surface area (Å²) in [6.07, 6.45) is 3.90. The first-order chi connectivity index (χ1) is 18.5. The molecule has 7 heteroatoms. The van der Waals surface area contributed by atoms with E-state index in [1.54, 1.807) is 39.5 Å².